The zero-order chi connectivity index (χ0) is 13.5. The lowest BCUT2D eigenvalue weighted by molar-refractivity contribution is -0.360. The van der Waals surface area contributed by atoms with Gasteiger partial charge in [0.25, 0.3) is 0 Å². The van der Waals surface area contributed by atoms with Gasteiger partial charge in [-0.3, -0.25) is 0 Å². The first kappa shape index (κ1) is 15.0. The highest BCUT2D eigenvalue weighted by atomic mass is 79.9. The van der Waals surface area contributed by atoms with E-state index in [2.05, 4.69) is 15.9 Å². The minimum absolute atomic E-state index is 0.114. The lowest BCUT2D eigenvalue weighted by Gasteiger charge is -2.39. The third-order valence-electron chi connectivity index (χ3n) is 3.04. The first-order valence-electron chi connectivity index (χ1n) is 4.96. The molecule has 0 aromatic heterocycles. The summed E-state index contributed by atoms with van der Waals surface area (Å²) in [4.78, 5) is -0.135. The molecule has 1 aliphatic rings. The molecule has 0 nitrogen and oxygen atoms in total. The van der Waals surface area contributed by atoms with Crippen LogP contribution in [0.4, 0.5) is 30.7 Å². The molecule has 0 N–H and O–H groups in total. The van der Waals surface area contributed by atoms with Gasteiger partial charge in [-0.15, -0.1) is 0 Å². The summed E-state index contributed by atoms with van der Waals surface area (Å²) in [5.41, 5.74) is -5.09. The fourth-order valence-corrected chi connectivity index (χ4v) is 2.60. The van der Waals surface area contributed by atoms with Crippen molar-refractivity contribution in [3.63, 3.8) is 0 Å². The average Bonchev–Trinajstić information content (AvgIpc) is 2.14. The second kappa shape index (κ2) is 4.59. The fraction of sp³-hybridized carbons (Fsp3) is 1.00. The number of halogens is 8. The van der Waals surface area contributed by atoms with Gasteiger partial charge < -0.3 is 0 Å². The molecule has 17 heavy (non-hydrogen) atoms. The highest BCUT2D eigenvalue weighted by Gasteiger charge is 2.75. The van der Waals surface area contributed by atoms with Gasteiger partial charge in [0.05, 0.1) is 0 Å². The van der Waals surface area contributed by atoms with E-state index in [4.69, 9.17) is 0 Å². The minimum atomic E-state index is -5.92. The van der Waals surface area contributed by atoms with E-state index in [0.29, 0.717) is 0 Å². The van der Waals surface area contributed by atoms with Crippen molar-refractivity contribution in [3.8, 4) is 0 Å². The molecular formula is C9H10BrF7. The van der Waals surface area contributed by atoms with Crippen molar-refractivity contribution in [1.82, 2.24) is 0 Å². The third kappa shape index (κ3) is 2.71. The first-order chi connectivity index (χ1) is 7.50. The van der Waals surface area contributed by atoms with Gasteiger partial charge in [-0.1, -0.05) is 15.9 Å². The Morgan fingerprint density at radius 2 is 1.06 bits per heavy atom. The van der Waals surface area contributed by atoms with E-state index in [-0.39, 0.29) is 17.7 Å². The Kier molecular flexibility index (Phi) is 4.06. The summed E-state index contributed by atoms with van der Waals surface area (Å²) in [5, 5.41) is 0. The molecule has 1 fully saturated rings. The third-order valence-corrected chi connectivity index (χ3v) is 3.96. The van der Waals surface area contributed by atoms with E-state index in [9.17, 15) is 30.7 Å². The van der Waals surface area contributed by atoms with Crippen LogP contribution in [-0.4, -0.2) is 22.8 Å². The Morgan fingerprint density at radius 3 is 1.35 bits per heavy atom. The first-order valence-corrected chi connectivity index (χ1v) is 5.88. The standard InChI is InChI=1S/C9H10BrF7/c10-6-3-1-5(2-4-6)7(11,8(12,13)14)9(15,16)17/h5-6H,1-4H2. The molecule has 0 heterocycles. The molecule has 0 aliphatic heterocycles. The molecule has 0 unspecified atom stereocenters. The van der Waals surface area contributed by atoms with Crippen LogP contribution in [0.15, 0.2) is 0 Å². The van der Waals surface area contributed by atoms with Gasteiger partial charge in [0.1, 0.15) is 0 Å². The van der Waals surface area contributed by atoms with E-state index in [0.717, 1.165) is 0 Å². The second-order valence-corrected chi connectivity index (χ2v) is 5.45. The maximum Gasteiger partial charge on any atom is 0.431 e. The van der Waals surface area contributed by atoms with Gasteiger partial charge in [-0.2, -0.15) is 26.3 Å². The van der Waals surface area contributed by atoms with E-state index >= 15 is 0 Å². The van der Waals surface area contributed by atoms with Crippen LogP contribution >= 0.6 is 15.9 Å². The molecule has 102 valence electrons. The van der Waals surface area contributed by atoms with Gasteiger partial charge in [0.2, 0.25) is 0 Å². The molecule has 0 bridgehead atoms. The van der Waals surface area contributed by atoms with Gasteiger partial charge in [-0.05, 0) is 25.7 Å². The van der Waals surface area contributed by atoms with Crippen LogP contribution in [0.1, 0.15) is 25.7 Å². The van der Waals surface area contributed by atoms with Gasteiger partial charge in [0.15, 0.2) is 0 Å². The molecule has 0 aromatic carbocycles. The molecule has 8 heteroatoms. The summed E-state index contributed by atoms with van der Waals surface area (Å²) in [7, 11) is 0. The van der Waals surface area contributed by atoms with E-state index in [1.807, 2.05) is 0 Å². The molecule has 1 rings (SSSR count). The summed E-state index contributed by atoms with van der Waals surface area (Å²) < 4.78 is 87.8. The van der Waals surface area contributed by atoms with E-state index in [1.54, 1.807) is 0 Å². The summed E-state index contributed by atoms with van der Waals surface area (Å²) >= 11 is 3.10. The predicted octanol–water partition coefficient (Wildman–Crippen LogP) is 4.77. The highest BCUT2D eigenvalue weighted by Crippen LogP contribution is 2.54. The van der Waals surface area contributed by atoms with Crippen molar-refractivity contribution in [2.24, 2.45) is 5.92 Å². The molecule has 0 aromatic rings. The lowest BCUT2D eigenvalue weighted by Crippen LogP contribution is -2.58. The van der Waals surface area contributed by atoms with Crippen LogP contribution in [0, 0.1) is 5.92 Å². The van der Waals surface area contributed by atoms with Gasteiger partial charge in [-0.25, -0.2) is 4.39 Å². The number of hydrogen-bond donors (Lipinski definition) is 0. The Morgan fingerprint density at radius 1 is 0.706 bits per heavy atom. The average molecular weight is 331 g/mol. The smallest absolute Gasteiger partial charge is 0.223 e. The summed E-state index contributed by atoms with van der Waals surface area (Å²) in [5.74, 6) is -2.05. The lowest BCUT2D eigenvalue weighted by atomic mass is 9.77. The Balaban J connectivity index is 3.00. The summed E-state index contributed by atoms with van der Waals surface area (Å²) in [6.45, 7) is 0. The normalized spacial score (nSPS) is 28.2. The predicted molar refractivity (Wildman–Crippen MR) is 50.6 cm³/mol. The summed E-state index contributed by atoms with van der Waals surface area (Å²) in [6, 6.07) is 0. The summed E-state index contributed by atoms with van der Waals surface area (Å²) in [6.07, 6.45) is -12.5. The minimum Gasteiger partial charge on any atom is -0.223 e. The highest BCUT2D eigenvalue weighted by molar-refractivity contribution is 9.09. The van der Waals surface area contributed by atoms with Crippen LogP contribution in [0.25, 0.3) is 0 Å². The van der Waals surface area contributed by atoms with Crippen molar-refractivity contribution >= 4 is 15.9 Å². The molecule has 0 saturated heterocycles. The maximum atomic E-state index is 13.6. The van der Waals surface area contributed by atoms with Crippen molar-refractivity contribution in [3.05, 3.63) is 0 Å². The zero-order valence-electron chi connectivity index (χ0n) is 8.51. The van der Waals surface area contributed by atoms with E-state index in [1.165, 1.54) is 0 Å². The van der Waals surface area contributed by atoms with Crippen LogP contribution < -0.4 is 0 Å². The Labute approximate surface area is 102 Å². The number of rotatable bonds is 1. The van der Waals surface area contributed by atoms with Gasteiger partial charge in [0, 0.05) is 10.7 Å². The van der Waals surface area contributed by atoms with E-state index < -0.39 is 36.8 Å². The van der Waals surface area contributed by atoms with Crippen LogP contribution in [-0.2, 0) is 0 Å². The van der Waals surface area contributed by atoms with Gasteiger partial charge >= 0.3 is 18.0 Å². The van der Waals surface area contributed by atoms with Crippen molar-refractivity contribution in [2.75, 3.05) is 0 Å². The quantitative estimate of drug-likeness (QED) is 0.479. The largest absolute Gasteiger partial charge is 0.431 e. The van der Waals surface area contributed by atoms with Crippen LogP contribution in [0.5, 0.6) is 0 Å². The topological polar surface area (TPSA) is 0 Å². The monoisotopic (exact) mass is 330 g/mol. The molecule has 0 spiro atoms. The fourth-order valence-electron chi connectivity index (χ4n) is 2.07. The van der Waals surface area contributed by atoms with Crippen molar-refractivity contribution in [1.29, 1.82) is 0 Å². The molecule has 0 radical (unpaired) electrons. The molecule has 0 atom stereocenters. The van der Waals surface area contributed by atoms with Crippen LogP contribution in [0.3, 0.4) is 0 Å². The SMILES string of the molecule is FC(F)(F)C(F)(C1CCC(Br)CC1)C(F)(F)F. The second-order valence-electron chi connectivity index (χ2n) is 4.16. The molecule has 1 aliphatic carbocycles. The van der Waals surface area contributed by atoms with Crippen molar-refractivity contribution in [2.45, 2.75) is 48.5 Å². The number of alkyl halides is 8. The molecule has 0 amide bonds. The zero-order valence-corrected chi connectivity index (χ0v) is 10.1. The number of hydrogen-bond acceptors (Lipinski definition) is 0. The Bertz CT molecular complexity index is 247. The Hall–Kier alpha value is -0.0100. The maximum absolute atomic E-state index is 13.6. The molecule has 1 saturated carbocycles. The van der Waals surface area contributed by atoms with Crippen LogP contribution in [0.2, 0.25) is 0 Å². The van der Waals surface area contributed by atoms with Crippen molar-refractivity contribution < 1.29 is 30.7 Å². The molecular weight excluding hydrogens is 321 g/mol.